The van der Waals surface area contributed by atoms with Gasteiger partial charge in [0.1, 0.15) is 11.2 Å². The highest BCUT2D eigenvalue weighted by Gasteiger charge is 2.20. The van der Waals surface area contributed by atoms with E-state index < -0.39 is 0 Å². The zero-order valence-corrected chi connectivity index (χ0v) is 29.6. The van der Waals surface area contributed by atoms with E-state index in [1.165, 1.54) is 27.1 Å². The number of benzene rings is 9. The van der Waals surface area contributed by atoms with E-state index in [9.17, 15) is 0 Å². The van der Waals surface area contributed by atoms with Crippen LogP contribution in [0.4, 0.5) is 0 Å². The first-order valence-corrected chi connectivity index (χ1v) is 18.5. The van der Waals surface area contributed by atoms with E-state index in [2.05, 4.69) is 158 Å². The van der Waals surface area contributed by atoms with Gasteiger partial charge in [0.05, 0.1) is 5.56 Å². The van der Waals surface area contributed by atoms with Gasteiger partial charge in [-0.15, -0.1) is 0 Å². The van der Waals surface area contributed by atoms with Crippen LogP contribution >= 0.6 is 0 Å². The molecule has 4 heteroatoms. The molecule has 55 heavy (non-hydrogen) atoms. The van der Waals surface area contributed by atoms with Crippen molar-refractivity contribution in [3.05, 3.63) is 188 Å². The van der Waals surface area contributed by atoms with Crippen LogP contribution in [0.25, 0.3) is 111 Å². The van der Waals surface area contributed by atoms with Crippen molar-refractivity contribution >= 4 is 54.3 Å². The Bertz CT molecular complexity index is 3270. The number of para-hydroxylation sites is 2. The summed E-state index contributed by atoms with van der Waals surface area (Å²) in [5, 5.41) is 9.19. The van der Waals surface area contributed by atoms with Gasteiger partial charge in [-0.3, -0.25) is 0 Å². The third kappa shape index (κ3) is 5.19. The van der Waals surface area contributed by atoms with Crippen LogP contribution < -0.4 is 0 Å². The van der Waals surface area contributed by atoms with E-state index in [1.54, 1.807) is 0 Å². The number of hydrogen-bond acceptors (Lipinski definition) is 4. The van der Waals surface area contributed by atoms with Crippen molar-refractivity contribution in [3.8, 4) is 56.4 Å². The van der Waals surface area contributed by atoms with E-state index in [4.69, 9.17) is 19.4 Å². The molecule has 11 rings (SSSR count). The first kappa shape index (κ1) is 31.1. The van der Waals surface area contributed by atoms with E-state index >= 15 is 0 Å². The standard InChI is InChI=1S/C51H31N3O/c1-2-14-32(15-3-1)37-28-29-44(40-22-8-6-21-39(37)40)50-52-49(53-51(54-50)45-26-13-25-43-42-24-10-11-27-47(42)55-48(43)45)35-18-12-17-33(30-35)46-31-34-16-4-5-19-36(34)38-20-7-9-23-41(38)46/h1-31H. The number of furan rings is 1. The van der Waals surface area contributed by atoms with Crippen LogP contribution in [0.5, 0.6) is 0 Å². The molecule has 0 N–H and O–H groups in total. The van der Waals surface area contributed by atoms with Crippen molar-refractivity contribution in [1.29, 1.82) is 0 Å². The number of rotatable bonds is 5. The molecule has 4 nitrogen and oxygen atoms in total. The van der Waals surface area contributed by atoms with Gasteiger partial charge in [0.25, 0.3) is 0 Å². The van der Waals surface area contributed by atoms with Crippen LogP contribution in [-0.2, 0) is 0 Å². The fourth-order valence-electron chi connectivity index (χ4n) is 8.15. The maximum Gasteiger partial charge on any atom is 0.167 e. The third-order valence-electron chi connectivity index (χ3n) is 10.7. The molecule has 256 valence electrons. The summed E-state index contributed by atoms with van der Waals surface area (Å²) < 4.78 is 6.52. The topological polar surface area (TPSA) is 51.8 Å². The van der Waals surface area contributed by atoms with Gasteiger partial charge in [-0.1, -0.05) is 158 Å². The number of nitrogens with zero attached hydrogens (tertiary/aromatic N) is 3. The van der Waals surface area contributed by atoms with Crippen LogP contribution in [0.2, 0.25) is 0 Å². The summed E-state index contributed by atoms with van der Waals surface area (Å²) in [6, 6.07) is 65.8. The highest BCUT2D eigenvalue weighted by atomic mass is 16.3. The molecule has 0 saturated heterocycles. The number of aromatic nitrogens is 3. The van der Waals surface area contributed by atoms with Gasteiger partial charge in [0.2, 0.25) is 0 Å². The van der Waals surface area contributed by atoms with Crippen molar-refractivity contribution < 1.29 is 4.42 Å². The van der Waals surface area contributed by atoms with Gasteiger partial charge in [-0.05, 0) is 84.9 Å². The smallest absolute Gasteiger partial charge is 0.167 e. The lowest BCUT2D eigenvalue weighted by Crippen LogP contribution is -2.01. The van der Waals surface area contributed by atoms with Gasteiger partial charge >= 0.3 is 0 Å². The Hall–Kier alpha value is -7.43. The highest BCUT2D eigenvalue weighted by Crippen LogP contribution is 2.40. The molecule has 0 bridgehead atoms. The summed E-state index contributed by atoms with van der Waals surface area (Å²) in [6.45, 7) is 0. The van der Waals surface area contributed by atoms with Crippen molar-refractivity contribution in [2.45, 2.75) is 0 Å². The SMILES string of the molecule is c1ccc(-c2ccc(-c3nc(-c4cccc(-c5cc6ccccc6c6ccccc56)c4)nc(-c4cccc5c4oc4ccccc45)n3)c3ccccc23)cc1. The Kier molecular flexibility index (Phi) is 7.14. The molecule has 0 spiro atoms. The predicted octanol–water partition coefficient (Wildman–Crippen LogP) is 13.6. The molecule has 0 saturated carbocycles. The average molecular weight is 702 g/mol. The monoisotopic (exact) mass is 701 g/mol. The van der Waals surface area contributed by atoms with Crippen LogP contribution in [0.1, 0.15) is 0 Å². The molecule has 0 aliphatic heterocycles. The minimum absolute atomic E-state index is 0.558. The molecule has 0 aliphatic carbocycles. The quantitative estimate of drug-likeness (QED) is 0.168. The van der Waals surface area contributed by atoms with Crippen LogP contribution in [0, 0.1) is 0 Å². The molecule has 11 aromatic rings. The summed E-state index contributed by atoms with van der Waals surface area (Å²) in [6.07, 6.45) is 0. The van der Waals surface area contributed by atoms with Gasteiger partial charge in [-0.25, -0.2) is 15.0 Å². The fraction of sp³-hybridized carbons (Fsp3) is 0. The summed E-state index contributed by atoms with van der Waals surface area (Å²) in [5.74, 6) is 1.75. The Labute approximate surface area is 317 Å². The van der Waals surface area contributed by atoms with Crippen LogP contribution in [0.3, 0.4) is 0 Å². The molecule has 0 unspecified atom stereocenters. The molecule has 2 heterocycles. The second-order valence-corrected chi connectivity index (χ2v) is 13.9. The zero-order chi connectivity index (χ0) is 36.3. The molecule has 0 amide bonds. The minimum Gasteiger partial charge on any atom is -0.455 e. The lowest BCUT2D eigenvalue weighted by atomic mass is 9.92. The largest absolute Gasteiger partial charge is 0.455 e. The zero-order valence-electron chi connectivity index (χ0n) is 29.6. The predicted molar refractivity (Wildman–Crippen MR) is 227 cm³/mol. The van der Waals surface area contributed by atoms with Crippen LogP contribution in [-0.4, -0.2) is 15.0 Å². The molecule has 0 fully saturated rings. The second kappa shape index (κ2) is 12.6. The number of fused-ring (bicyclic) bond motifs is 7. The van der Waals surface area contributed by atoms with Gasteiger partial charge in [-0.2, -0.15) is 0 Å². The van der Waals surface area contributed by atoms with E-state index in [-0.39, 0.29) is 0 Å². The first-order valence-electron chi connectivity index (χ1n) is 18.5. The Morgan fingerprint density at radius 2 is 0.836 bits per heavy atom. The molecular weight excluding hydrogens is 671 g/mol. The third-order valence-corrected chi connectivity index (χ3v) is 10.7. The molecule has 0 aliphatic rings. The molecule has 2 aromatic heterocycles. The summed E-state index contributed by atoms with van der Waals surface area (Å²) in [5.41, 5.74) is 8.84. The lowest BCUT2D eigenvalue weighted by molar-refractivity contribution is 0.669. The molecule has 0 radical (unpaired) electrons. The first-order chi connectivity index (χ1) is 27.3. The maximum atomic E-state index is 6.52. The molecule has 0 atom stereocenters. The summed E-state index contributed by atoms with van der Waals surface area (Å²) in [4.78, 5) is 15.7. The van der Waals surface area contributed by atoms with Crippen molar-refractivity contribution in [1.82, 2.24) is 15.0 Å². The Morgan fingerprint density at radius 1 is 0.291 bits per heavy atom. The lowest BCUT2D eigenvalue weighted by Gasteiger charge is -2.14. The van der Waals surface area contributed by atoms with Crippen molar-refractivity contribution in [2.75, 3.05) is 0 Å². The van der Waals surface area contributed by atoms with Crippen molar-refractivity contribution in [3.63, 3.8) is 0 Å². The molecule has 9 aromatic carbocycles. The second-order valence-electron chi connectivity index (χ2n) is 13.9. The normalized spacial score (nSPS) is 11.6. The average Bonchev–Trinajstić information content (AvgIpc) is 3.65. The fourth-order valence-corrected chi connectivity index (χ4v) is 8.15. The summed E-state index contributed by atoms with van der Waals surface area (Å²) >= 11 is 0. The van der Waals surface area contributed by atoms with E-state index in [0.29, 0.717) is 17.5 Å². The van der Waals surface area contributed by atoms with E-state index in [0.717, 1.165) is 66.1 Å². The highest BCUT2D eigenvalue weighted by molar-refractivity contribution is 6.14. The number of hydrogen-bond donors (Lipinski definition) is 0. The Balaban J connectivity index is 1.15. The van der Waals surface area contributed by atoms with Gasteiger partial charge < -0.3 is 4.42 Å². The summed E-state index contributed by atoms with van der Waals surface area (Å²) in [7, 11) is 0. The van der Waals surface area contributed by atoms with Crippen LogP contribution in [0.15, 0.2) is 192 Å². The minimum atomic E-state index is 0.558. The van der Waals surface area contributed by atoms with Gasteiger partial charge in [0.15, 0.2) is 17.5 Å². The van der Waals surface area contributed by atoms with E-state index in [1.807, 2.05) is 30.3 Å². The maximum absolute atomic E-state index is 6.52. The van der Waals surface area contributed by atoms with Gasteiger partial charge in [0, 0.05) is 21.9 Å². The molecular formula is C51H31N3O. The Morgan fingerprint density at radius 3 is 1.65 bits per heavy atom. The van der Waals surface area contributed by atoms with Crippen molar-refractivity contribution in [2.24, 2.45) is 0 Å².